The van der Waals surface area contributed by atoms with Crippen molar-refractivity contribution in [3.05, 3.63) is 48.2 Å². The van der Waals surface area contributed by atoms with Crippen LogP contribution in [-0.2, 0) is 0 Å². The molecule has 0 unspecified atom stereocenters. The van der Waals surface area contributed by atoms with Gasteiger partial charge in [0, 0.05) is 12.8 Å². The molecule has 0 atom stereocenters. The van der Waals surface area contributed by atoms with Crippen LogP contribution in [0.15, 0.2) is 24.3 Å². The Morgan fingerprint density at radius 2 is 1.45 bits per heavy atom. The largest absolute Gasteiger partial charge is 0.0620 e. The summed E-state index contributed by atoms with van der Waals surface area (Å²) in [5.74, 6) is 0. The monoisotopic (exact) mass is 142 g/mol. The van der Waals surface area contributed by atoms with Crippen molar-refractivity contribution in [1.82, 2.24) is 0 Å². The van der Waals surface area contributed by atoms with E-state index in [1.165, 1.54) is 17.5 Å². The lowest BCUT2D eigenvalue weighted by Crippen LogP contribution is -1.84. The maximum Gasteiger partial charge on any atom is 0.0167 e. The van der Waals surface area contributed by atoms with Gasteiger partial charge in [-0.3, -0.25) is 0 Å². The van der Waals surface area contributed by atoms with E-state index in [0.29, 0.717) is 0 Å². The molecular formula is C11H10. The van der Waals surface area contributed by atoms with Crippen molar-refractivity contribution in [1.29, 1.82) is 0 Å². The summed E-state index contributed by atoms with van der Waals surface area (Å²) < 4.78 is 0. The van der Waals surface area contributed by atoms with Crippen molar-refractivity contribution in [2.45, 2.75) is 19.3 Å². The summed E-state index contributed by atoms with van der Waals surface area (Å²) in [4.78, 5) is 0. The van der Waals surface area contributed by atoms with Crippen molar-refractivity contribution in [3.63, 3.8) is 0 Å². The van der Waals surface area contributed by atoms with Gasteiger partial charge in [-0.1, -0.05) is 30.7 Å². The third-order valence-corrected chi connectivity index (χ3v) is 1.91. The fraction of sp³-hybridized carbons (Fsp3) is 0.273. The van der Waals surface area contributed by atoms with Crippen LogP contribution >= 0.6 is 0 Å². The topological polar surface area (TPSA) is 0 Å². The van der Waals surface area contributed by atoms with Gasteiger partial charge in [-0.05, 0) is 24.0 Å². The van der Waals surface area contributed by atoms with Gasteiger partial charge in [0.25, 0.3) is 0 Å². The number of benzene rings is 1. The van der Waals surface area contributed by atoms with Crippen LogP contribution in [0.3, 0.4) is 0 Å². The van der Waals surface area contributed by atoms with Gasteiger partial charge in [0.1, 0.15) is 0 Å². The van der Waals surface area contributed by atoms with Crippen LogP contribution in [0.25, 0.3) is 0 Å². The molecule has 0 spiro atoms. The molecule has 0 nitrogen and oxygen atoms in total. The second kappa shape index (κ2) is 3.08. The van der Waals surface area contributed by atoms with Crippen LogP contribution in [0.4, 0.5) is 0 Å². The Hall–Kier alpha value is -0.780. The molecule has 0 aliphatic heterocycles. The van der Waals surface area contributed by atoms with Crippen LogP contribution < -0.4 is 0 Å². The Balaban J connectivity index is 2.33. The highest BCUT2D eigenvalue weighted by Gasteiger charge is 2.06. The molecule has 1 aliphatic carbocycles. The van der Waals surface area contributed by atoms with E-state index < -0.39 is 0 Å². The third-order valence-electron chi connectivity index (χ3n) is 1.91. The molecule has 2 rings (SSSR count). The van der Waals surface area contributed by atoms with Gasteiger partial charge in [0.05, 0.1) is 0 Å². The lowest BCUT2D eigenvalue weighted by Gasteiger charge is -2.00. The molecule has 0 saturated heterocycles. The highest BCUT2D eigenvalue weighted by molar-refractivity contribution is 5.38. The summed E-state index contributed by atoms with van der Waals surface area (Å²) in [6.07, 6.45) is 10.1. The molecule has 11 heavy (non-hydrogen) atoms. The Morgan fingerprint density at radius 3 is 2.00 bits per heavy atom. The molecule has 1 aromatic rings. The van der Waals surface area contributed by atoms with Crippen LogP contribution in [0.1, 0.15) is 30.4 Å². The molecular weight excluding hydrogens is 132 g/mol. The van der Waals surface area contributed by atoms with Crippen LogP contribution in [0.2, 0.25) is 0 Å². The van der Waals surface area contributed by atoms with Crippen molar-refractivity contribution in [3.8, 4) is 0 Å². The summed E-state index contributed by atoms with van der Waals surface area (Å²) in [5.41, 5.74) is 2.45. The van der Waals surface area contributed by atoms with E-state index in [4.69, 9.17) is 0 Å². The fourth-order valence-corrected chi connectivity index (χ4v) is 1.33. The highest BCUT2D eigenvalue weighted by Crippen LogP contribution is 2.22. The lowest BCUT2D eigenvalue weighted by atomic mass is 10.0. The first kappa shape index (κ1) is 6.90. The van der Waals surface area contributed by atoms with Crippen molar-refractivity contribution in [2.24, 2.45) is 0 Å². The van der Waals surface area contributed by atoms with Crippen molar-refractivity contribution >= 4 is 0 Å². The van der Waals surface area contributed by atoms with Crippen LogP contribution in [0, 0.1) is 12.8 Å². The van der Waals surface area contributed by atoms with Gasteiger partial charge in [0.2, 0.25) is 0 Å². The maximum absolute atomic E-state index is 3.36. The lowest BCUT2D eigenvalue weighted by molar-refractivity contribution is 0.832. The molecule has 0 N–H and O–H groups in total. The van der Waals surface area contributed by atoms with Gasteiger partial charge < -0.3 is 0 Å². The van der Waals surface area contributed by atoms with E-state index >= 15 is 0 Å². The zero-order valence-corrected chi connectivity index (χ0v) is 6.43. The molecule has 4 radical (unpaired) electrons. The Labute approximate surface area is 68.3 Å². The van der Waals surface area contributed by atoms with Gasteiger partial charge in [-0.15, -0.1) is 0 Å². The molecule has 0 bridgehead atoms. The quantitative estimate of drug-likeness (QED) is 0.488. The average molecular weight is 142 g/mol. The molecule has 0 heteroatoms. The third kappa shape index (κ3) is 1.45. The normalized spacial score (nSPS) is 17.1. The van der Waals surface area contributed by atoms with Crippen LogP contribution in [-0.4, -0.2) is 0 Å². The fourth-order valence-electron chi connectivity index (χ4n) is 1.33. The van der Waals surface area contributed by atoms with E-state index in [1.54, 1.807) is 0 Å². The van der Waals surface area contributed by atoms with E-state index in [2.05, 4.69) is 37.1 Å². The summed E-state index contributed by atoms with van der Waals surface area (Å²) in [6, 6.07) is 8.32. The van der Waals surface area contributed by atoms with E-state index in [0.717, 1.165) is 12.8 Å². The minimum atomic E-state index is 1.07. The van der Waals surface area contributed by atoms with E-state index in [-0.39, 0.29) is 0 Å². The molecule has 54 valence electrons. The van der Waals surface area contributed by atoms with Crippen molar-refractivity contribution in [2.75, 3.05) is 0 Å². The zero-order valence-electron chi connectivity index (χ0n) is 6.43. The predicted octanol–water partition coefficient (Wildman–Crippen LogP) is 2.73. The second-order valence-corrected chi connectivity index (χ2v) is 2.75. The number of fused-ring (bicyclic) bond motifs is 1. The minimum absolute atomic E-state index is 1.07. The van der Waals surface area contributed by atoms with Crippen molar-refractivity contribution < 1.29 is 0 Å². The minimum Gasteiger partial charge on any atom is -0.0620 e. The highest BCUT2D eigenvalue weighted by atomic mass is 14.1. The van der Waals surface area contributed by atoms with E-state index in [9.17, 15) is 0 Å². The van der Waals surface area contributed by atoms with Crippen LogP contribution in [0.5, 0.6) is 0 Å². The van der Waals surface area contributed by atoms with Gasteiger partial charge in [0.15, 0.2) is 0 Å². The summed E-state index contributed by atoms with van der Waals surface area (Å²) >= 11 is 0. The predicted molar refractivity (Wildman–Crippen MR) is 45.0 cm³/mol. The number of hydrogen-bond donors (Lipinski definition) is 0. The first-order valence-corrected chi connectivity index (χ1v) is 4.03. The molecule has 0 fully saturated rings. The number of hydrogen-bond acceptors (Lipinski definition) is 0. The molecule has 1 aromatic carbocycles. The molecule has 0 amide bonds. The smallest absolute Gasteiger partial charge is 0.0167 e. The first-order chi connectivity index (χ1) is 5.47. The SMILES string of the molecule is [C]1CCC[C]c2ccccc21. The zero-order chi connectivity index (χ0) is 7.52. The Kier molecular flexibility index (Phi) is 1.93. The van der Waals surface area contributed by atoms with Gasteiger partial charge in [-0.2, -0.15) is 0 Å². The second-order valence-electron chi connectivity index (χ2n) is 2.75. The number of rotatable bonds is 0. The average Bonchev–Trinajstić information content (AvgIpc) is 2.28. The molecule has 0 aromatic heterocycles. The summed E-state index contributed by atoms with van der Waals surface area (Å²) in [5, 5.41) is 0. The van der Waals surface area contributed by atoms with Gasteiger partial charge in [-0.25, -0.2) is 0 Å². The standard InChI is InChI=1S/C11H10/c1-2-6-10-8-4-5-9-11(10)7-3-1/h4-5,8-9H,1-3H2. The Morgan fingerprint density at radius 1 is 0.909 bits per heavy atom. The molecule has 0 saturated carbocycles. The first-order valence-electron chi connectivity index (χ1n) is 4.03. The molecule has 1 aliphatic rings. The summed E-state index contributed by atoms with van der Waals surface area (Å²) in [6.45, 7) is 0. The van der Waals surface area contributed by atoms with E-state index in [1.807, 2.05) is 0 Å². The maximum atomic E-state index is 3.36. The summed E-state index contributed by atoms with van der Waals surface area (Å²) in [7, 11) is 0. The Bertz CT molecular complexity index is 213. The van der Waals surface area contributed by atoms with Gasteiger partial charge >= 0.3 is 0 Å². The molecule has 0 heterocycles.